The van der Waals surface area contributed by atoms with E-state index in [9.17, 15) is 0 Å². The highest BCUT2D eigenvalue weighted by molar-refractivity contribution is 4.79. The number of rotatable bonds is 5. The van der Waals surface area contributed by atoms with Crippen LogP contribution in [0.5, 0.6) is 0 Å². The molecule has 2 aliphatic rings. The van der Waals surface area contributed by atoms with Crippen molar-refractivity contribution in [3.8, 4) is 0 Å². The number of nitrogens with one attached hydrogen (secondary N) is 1. The molecule has 3 unspecified atom stereocenters. The minimum absolute atomic E-state index is 0.422. The summed E-state index contributed by atoms with van der Waals surface area (Å²) in [7, 11) is 0. The summed E-state index contributed by atoms with van der Waals surface area (Å²) < 4.78 is 11.6. The molecule has 1 N–H and O–H groups in total. The van der Waals surface area contributed by atoms with Crippen LogP contribution in [0.15, 0.2) is 0 Å². The topological polar surface area (TPSA) is 30.5 Å². The lowest BCUT2D eigenvalue weighted by molar-refractivity contribution is -0.00619. The second-order valence-corrected chi connectivity index (χ2v) is 5.76. The first-order valence-electron chi connectivity index (χ1n) is 7.83. The predicted molar refractivity (Wildman–Crippen MR) is 73.8 cm³/mol. The molecule has 0 aromatic heterocycles. The van der Waals surface area contributed by atoms with Crippen molar-refractivity contribution in [2.75, 3.05) is 26.4 Å². The van der Waals surface area contributed by atoms with Gasteiger partial charge in [0.25, 0.3) is 0 Å². The Morgan fingerprint density at radius 2 is 1.94 bits per heavy atom. The summed E-state index contributed by atoms with van der Waals surface area (Å²) in [5.74, 6) is 0.637. The number of likely N-dealkylation sites (N-methyl/N-ethyl adjacent to an activating group) is 1. The zero-order valence-corrected chi connectivity index (χ0v) is 11.8. The highest BCUT2D eigenvalue weighted by Crippen LogP contribution is 2.22. The molecule has 0 spiro atoms. The second kappa shape index (κ2) is 8.13. The average Bonchev–Trinajstić information content (AvgIpc) is 2.85. The molecule has 106 valence electrons. The smallest absolute Gasteiger partial charge is 0.0728 e. The van der Waals surface area contributed by atoms with E-state index in [4.69, 9.17) is 9.47 Å². The van der Waals surface area contributed by atoms with Crippen molar-refractivity contribution in [3.63, 3.8) is 0 Å². The first-order chi connectivity index (χ1) is 8.90. The van der Waals surface area contributed by atoms with E-state index in [0.29, 0.717) is 18.1 Å². The standard InChI is InChI=1S/C15H29NO2/c1-2-16-14-7-5-3-4-6-8-15(14)18-12-13-9-10-17-11-13/h13-16H,2-12H2,1H3. The molecular weight excluding hydrogens is 226 g/mol. The minimum Gasteiger partial charge on any atom is -0.381 e. The van der Waals surface area contributed by atoms with Crippen molar-refractivity contribution < 1.29 is 9.47 Å². The molecule has 3 atom stereocenters. The summed E-state index contributed by atoms with van der Waals surface area (Å²) in [6.07, 6.45) is 9.56. The van der Waals surface area contributed by atoms with Crippen LogP contribution in [0.4, 0.5) is 0 Å². The van der Waals surface area contributed by atoms with Gasteiger partial charge in [-0.2, -0.15) is 0 Å². The third-order valence-corrected chi connectivity index (χ3v) is 4.24. The van der Waals surface area contributed by atoms with Crippen molar-refractivity contribution in [2.45, 2.75) is 64.0 Å². The molecule has 3 nitrogen and oxygen atoms in total. The number of hydrogen-bond acceptors (Lipinski definition) is 3. The van der Waals surface area contributed by atoms with Gasteiger partial charge in [-0.1, -0.05) is 32.6 Å². The van der Waals surface area contributed by atoms with E-state index in [1.54, 1.807) is 0 Å². The van der Waals surface area contributed by atoms with Gasteiger partial charge in [-0.15, -0.1) is 0 Å². The van der Waals surface area contributed by atoms with Crippen LogP contribution in [0.3, 0.4) is 0 Å². The van der Waals surface area contributed by atoms with Gasteiger partial charge in [0, 0.05) is 18.6 Å². The third-order valence-electron chi connectivity index (χ3n) is 4.24. The van der Waals surface area contributed by atoms with E-state index in [-0.39, 0.29) is 0 Å². The molecule has 1 saturated heterocycles. The Hall–Kier alpha value is -0.120. The Morgan fingerprint density at radius 3 is 2.67 bits per heavy atom. The van der Waals surface area contributed by atoms with Crippen molar-refractivity contribution in [3.05, 3.63) is 0 Å². The molecule has 0 amide bonds. The Bertz CT molecular complexity index is 217. The summed E-state index contributed by atoms with van der Waals surface area (Å²) in [6, 6.07) is 0.567. The number of hydrogen-bond donors (Lipinski definition) is 1. The fourth-order valence-corrected chi connectivity index (χ4v) is 3.12. The molecule has 0 aromatic carbocycles. The molecule has 0 radical (unpaired) electrons. The van der Waals surface area contributed by atoms with Gasteiger partial charge in [0.1, 0.15) is 0 Å². The maximum Gasteiger partial charge on any atom is 0.0728 e. The summed E-state index contributed by atoms with van der Waals surface area (Å²) >= 11 is 0. The molecule has 0 aromatic rings. The van der Waals surface area contributed by atoms with Crippen LogP contribution in [-0.4, -0.2) is 38.5 Å². The molecule has 1 saturated carbocycles. The molecule has 1 aliphatic carbocycles. The van der Waals surface area contributed by atoms with E-state index in [1.165, 1.54) is 44.9 Å². The minimum atomic E-state index is 0.422. The van der Waals surface area contributed by atoms with Gasteiger partial charge < -0.3 is 14.8 Å². The Kier molecular flexibility index (Phi) is 6.46. The van der Waals surface area contributed by atoms with Crippen LogP contribution in [0.2, 0.25) is 0 Å². The number of ether oxygens (including phenoxy) is 2. The predicted octanol–water partition coefficient (Wildman–Crippen LogP) is 2.74. The molecule has 2 fully saturated rings. The zero-order valence-electron chi connectivity index (χ0n) is 11.8. The molecule has 18 heavy (non-hydrogen) atoms. The van der Waals surface area contributed by atoms with Crippen LogP contribution in [0.1, 0.15) is 51.9 Å². The third kappa shape index (κ3) is 4.52. The first kappa shape index (κ1) is 14.3. The quantitative estimate of drug-likeness (QED) is 0.819. The van der Waals surface area contributed by atoms with Crippen molar-refractivity contribution in [2.24, 2.45) is 5.92 Å². The van der Waals surface area contributed by atoms with Crippen LogP contribution < -0.4 is 5.32 Å². The monoisotopic (exact) mass is 255 g/mol. The summed E-state index contributed by atoms with van der Waals surface area (Å²) in [4.78, 5) is 0. The van der Waals surface area contributed by atoms with Crippen molar-refractivity contribution in [1.29, 1.82) is 0 Å². The molecule has 1 aliphatic heterocycles. The van der Waals surface area contributed by atoms with E-state index in [2.05, 4.69) is 12.2 Å². The molecular formula is C15H29NO2. The van der Waals surface area contributed by atoms with E-state index < -0.39 is 0 Å². The van der Waals surface area contributed by atoms with Gasteiger partial charge in [0.05, 0.1) is 19.3 Å². The normalized spacial score (nSPS) is 34.2. The van der Waals surface area contributed by atoms with Crippen LogP contribution in [0, 0.1) is 5.92 Å². The Labute approximate surface area is 112 Å². The lowest BCUT2D eigenvalue weighted by atomic mass is 9.94. The molecule has 0 bridgehead atoms. The van der Waals surface area contributed by atoms with Gasteiger partial charge in [-0.3, -0.25) is 0 Å². The van der Waals surface area contributed by atoms with Crippen LogP contribution >= 0.6 is 0 Å². The van der Waals surface area contributed by atoms with E-state index in [0.717, 1.165) is 26.4 Å². The fraction of sp³-hybridized carbons (Fsp3) is 1.00. The van der Waals surface area contributed by atoms with Crippen molar-refractivity contribution >= 4 is 0 Å². The van der Waals surface area contributed by atoms with Gasteiger partial charge in [-0.05, 0) is 25.8 Å². The maximum absolute atomic E-state index is 6.23. The highest BCUT2D eigenvalue weighted by Gasteiger charge is 2.24. The zero-order chi connectivity index (χ0) is 12.6. The van der Waals surface area contributed by atoms with Crippen LogP contribution in [0.25, 0.3) is 0 Å². The van der Waals surface area contributed by atoms with Gasteiger partial charge in [-0.25, -0.2) is 0 Å². The second-order valence-electron chi connectivity index (χ2n) is 5.76. The SMILES string of the molecule is CCNC1CCCCCCC1OCC1CCOC1. The lowest BCUT2D eigenvalue weighted by Crippen LogP contribution is -2.42. The molecule has 1 heterocycles. The average molecular weight is 255 g/mol. The summed E-state index contributed by atoms with van der Waals surface area (Å²) in [6.45, 7) is 5.97. The Morgan fingerprint density at radius 1 is 1.11 bits per heavy atom. The largest absolute Gasteiger partial charge is 0.381 e. The van der Waals surface area contributed by atoms with Gasteiger partial charge >= 0.3 is 0 Å². The summed E-state index contributed by atoms with van der Waals surface area (Å²) in [5, 5.41) is 3.62. The van der Waals surface area contributed by atoms with E-state index in [1.807, 2.05) is 0 Å². The summed E-state index contributed by atoms with van der Waals surface area (Å²) in [5.41, 5.74) is 0. The first-order valence-corrected chi connectivity index (χ1v) is 7.83. The lowest BCUT2D eigenvalue weighted by Gasteiger charge is -2.30. The molecule has 3 heteroatoms. The Balaban J connectivity index is 1.79. The fourth-order valence-electron chi connectivity index (χ4n) is 3.12. The van der Waals surface area contributed by atoms with E-state index >= 15 is 0 Å². The molecule has 2 rings (SSSR count). The van der Waals surface area contributed by atoms with Gasteiger partial charge in [0.2, 0.25) is 0 Å². The van der Waals surface area contributed by atoms with Crippen LogP contribution in [-0.2, 0) is 9.47 Å². The highest BCUT2D eigenvalue weighted by atomic mass is 16.5. The maximum atomic E-state index is 6.23. The van der Waals surface area contributed by atoms with Gasteiger partial charge in [0.15, 0.2) is 0 Å². The van der Waals surface area contributed by atoms with Crippen molar-refractivity contribution in [1.82, 2.24) is 5.32 Å².